The Morgan fingerprint density at radius 2 is 2.09 bits per heavy atom. The van der Waals surface area contributed by atoms with E-state index in [1.54, 1.807) is 9.13 Å². The highest BCUT2D eigenvalue weighted by Crippen LogP contribution is 2.37. The van der Waals surface area contributed by atoms with Crippen molar-refractivity contribution in [3.63, 3.8) is 0 Å². The first-order valence-electron chi connectivity index (χ1n) is 8.70. The first-order valence-corrected chi connectivity index (χ1v) is 8.70. The number of hydrogen-bond acceptors (Lipinski definition) is 5. The molecule has 0 aromatic rings. The van der Waals surface area contributed by atoms with Crippen molar-refractivity contribution >= 4 is 5.82 Å². The molecule has 1 unspecified atom stereocenters. The number of anilines is 1. The Bertz CT molecular complexity index is 742. The maximum Gasteiger partial charge on any atom is 0.331 e. The lowest BCUT2D eigenvalue weighted by atomic mass is 10.1. The van der Waals surface area contributed by atoms with Crippen LogP contribution in [-0.2, 0) is 13.1 Å². The zero-order valence-electron chi connectivity index (χ0n) is 13.6. The molecule has 4 rings (SSSR count). The van der Waals surface area contributed by atoms with Crippen LogP contribution in [0.1, 0.15) is 50.8 Å². The predicted octanol–water partition coefficient (Wildman–Crippen LogP) is 1.36. The average Bonchev–Trinajstić information content (AvgIpc) is 3.28. The van der Waals surface area contributed by atoms with Crippen LogP contribution < -0.4 is 16.7 Å². The van der Waals surface area contributed by atoms with Crippen molar-refractivity contribution < 1.29 is 0 Å². The molecule has 124 valence electrons. The fraction of sp³-hybridized carbons (Fsp3) is 0.688. The fourth-order valence-corrected chi connectivity index (χ4v) is 3.86. The molecule has 0 aromatic heterocycles. The van der Waals surface area contributed by atoms with Crippen LogP contribution in [0.15, 0.2) is 4.79 Å². The molecule has 7 nitrogen and oxygen atoms in total. The maximum absolute atomic E-state index is 12.8. The number of hydrogen-bond donors (Lipinski definition) is 2. The van der Waals surface area contributed by atoms with Gasteiger partial charge in [-0.2, -0.15) is 0 Å². The highest BCUT2D eigenvalue weighted by Gasteiger charge is 2.32. The van der Waals surface area contributed by atoms with Crippen molar-refractivity contribution in [2.45, 2.75) is 64.1 Å². The minimum Gasteiger partial charge on any atom is -0.364 e. The lowest BCUT2D eigenvalue weighted by Crippen LogP contribution is -2.33. The van der Waals surface area contributed by atoms with Crippen molar-refractivity contribution in [1.29, 1.82) is 0 Å². The second-order valence-electron chi connectivity index (χ2n) is 6.71. The van der Waals surface area contributed by atoms with Gasteiger partial charge in [0.15, 0.2) is 5.82 Å². The molecule has 23 heavy (non-hydrogen) atoms. The number of fused-ring (bicyclic) bond motifs is 3. The maximum atomic E-state index is 12.8. The third-order valence-corrected chi connectivity index (χ3v) is 5.07. The number of rotatable bonds is 4. The lowest BCUT2D eigenvalue weighted by molar-refractivity contribution is 0.563. The third kappa shape index (κ3) is 2.25. The standard InChI is InChI=1S/C16H24N6O/c1-2-7-21-15-12(19-13(20-15)10-5-3-4-6-10)14-18-11(8-17)9-22(14)16(21)23/h10-11,18H,2-9,17H2,1H3. The molecule has 3 N–H and O–H groups in total. The van der Waals surface area contributed by atoms with Gasteiger partial charge in [-0.3, -0.25) is 9.13 Å². The summed E-state index contributed by atoms with van der Waals surface area (Å²) in [6, 6.07) is 0.0926. The van der Waals surface area contributed by atoms with Gasteiger partial charge in [-0.15, -0.1) is 0 Å². The summed E-state index contributed by atoms with van der Waals surface area (Å²) in [5, 5.41) is 3.36. The Morgan fingerprint density at radius 3 is 2.78 bits per heavy atom. The normalized spacial score (nSPS) is 21.0. The zero-order chi connectivity index (χ0) is 16.0. The molecule has 0 amide bonds. The number of imidazole rings is 1. The van der Waals surface area contributed by atoms with Crippen LogP contribution in [0.5, 0.6) is 0 Å². The topological polar surface area (TPSA) is 90.8 Å². The van der Waals surface area contributed by atoms with Gasteiger partial charge in [-0.1, -0.05) is 19.8 Å². The number of aromatic nitrogens is 4. The van der Waals surface area contributed by atoms with E-state index in [0.29, 0.717) is 25.6 Å². The van der Waals surface area contributed by atoms with E-state index < -0.39 is 0 Å². The Hall–Kier alpha value is -1.89. The van der Waals surface area contributed by atoms with Crippen LogP contribution in [0.25, 0.3) is 11.5 Å². The quantitative estimate of drug-likeness (QED) is 0.889. The smallest absolute Gasteiger partial charge is 0.331 e. The summed E-state index contributed by atoms with van der Waals surface area (Å²) in [4.78, 5) is 22.4. The van der Waals surface area contributed by atoms with Gasteiger partial charge in [0, 0.05) is 19.0 Å². The molecule has 7 heteroatoms. The van der Waals surface area contributed by atoms with E-state index in [1.165, 1.54) is 12.8 Å². The van der Waals surface area contributed by atoms with Gasteiger partial charge in [0.05, 0.1) is 12.6 Å². The molecular formula is C16H24N6O. The van der Waals surface area contributed by atoms with E-state index in [-0.39, 0.29) is 11.7 Å². The highest BCUT2D eigenvalue weighted by molar-refractivity contribution is 5.70. The van der Waals surface area contributed by atoms with Gasteiger partial charge in [-0.25, -0.2) is 14.8 Å². The summed E-state index contributed by atoms with van der Waals surface area (Å²) in [5.41, 5.74) is 6.61. The molecule has 0 saturated heterocycles. The summed E-state index contributed by atoms with van der Waals surface area (Å²) in [6.45, 7) is 3.85. The van der Waals surface area contributed by atoms with Crippen molar-refractivity contribution in [3.05, 3.63) is 16.3 Å². The molecule has 3 aliphatic heterocycles. The highest BCUT2D eigenvalue weighted by atomic mass is 16.1. The summed E-state index contributed by atoms with van der Waals surface area (Å²) in [7, 11) is 0. The van der Waals surface area contributed by atoms with Crippen LogP contribution >= 0.6 is 0 Å². The Labute approximate surface area is 135 Å². The van der Waals surface area contributed by atoms with E-state index in [4.69, 9.17) is 15.7 Å². The summed E-state index contributed by atoms with van der Waals surface area (Å²) in [5.74, 6) is 2.88. The molecule has 1 fully saturated rings. The molecule has 1 saturated carbocycles. The second kappa shape index (κ2) is 5.63. The molecule has 1 atom stereocenters. The minimum atomic E-state index is -0.00401. The monoisotopic (exact) mass is 316 g/mol. The largest absolute Gasteiger partial charge is 0.364 e. The Morgan fingerprint density at radius 1 is 1.30 bits per heavy atom. The SMILES string of the molecule is CCCn1c2nc(C3CCCC3)nc-2c2n(c1=O)CC(CN)N2. The summed E-state index contributed by atoms with van der Waals surface area (Å²) >= 11 is 0. The van der Waals surface area contributed by atoms with Crippen LogP contribution in [0.4, 0.5) is 5.82 Å². The summed E-state index contributed by atoms with van der Waals surface area (Å²) in [6.07, 6.45) is 5.70. The van der Waals surface area contributed by atoms with Crippen molar-refractivity contribution in [2.24, 2.45) is 5.73 Å². The number of nitrogens with two attached hydrogens (primary N) is 1. The fourth-order valence-electron chi connectivity index (χ4n) is 3.86. The molecule has 0 spiro atoms. The molecular weight excluding hydrogens is 292 g/mol. The molecule has 0 bridgehead atoms. The van der Waals surface area contributed by atoms with Gasteiger partial charge >= 0.3 is 5.69 Å². The predicted molar refractivity (Wildman–Crippen MR) is 88.9 cm³/mol. The molecule has 4 aliphatic rings. The first-order chi connectivity index (χ1) is 11.2. The number of nitrogens with zero attached hydrogens (tertiary/aromatic N) is 4. The number of nitrogens with one attached hydrogen (secondary N) is 1. The minimum absolute atomic E-state index is 0.00401. The van der Waals surface area contributed by atoms with Gasteiger partial charge in [0.1, 0.15) is 17.3 Å². The second-order valence-corrected chi connectivity index (χ2v) is 6.71. The molecule has 1 aliphatic carbocycles. The van der Waals surface area contributed by atoms with Crippen molar-refractivity contribution in [2.75, 3.05) is 11.9 Å². The van der Waals surface area contributed by atoms with Crippen LogP contribution in [0.2, 0.25) is 0 Å². The van der Waals surface area contributed by atoms with Crippen LogP contribution in [0.3, 0.4) is 0 Å². The Kier molecular flexibility index (Phi) is 3.60. The van der Waals surface area contributed by atoms with Crippen LogP contribution in [-0.4, -0.2) is 31.7 Å². The summed E-state index contributed by atoms with van der Waals surface area (Å²) < 4.78 is 3.56. The van der Waals surface area contributed by atoms with Crippen molar-refractivity contribution in [3.8, 4) is 11.5 Å². The van der Waals surface area contributed by atoms with Gasteiger partial charge in [0.25, 0.3) is 0 Å². The average molecular weight is 316 g/mol. The van der Waals surface area contributed by atoms with E-state index in [2.05, 4.69) is 12.2 Å². The molecule has 0 aromatic carbocycles. The van der Waals surface area contributed by atoms with E-state index in [0.717, 1.165) is 42.4 Å². The van der Waals surface area contributed by atoms with Crippen LogP contribution in [0, 0.1) is 0 Å². The van der Waals surface area contributed by atoms with Gasteiger partial charge in [-0.05, 0) is 19.3 Å². The molecule has 0 radical (unpaired) electrons. The van der Waals surface area contributed by atoms with Gasteiger partial charge < -0.3 is 11.1 Å². The first kappa shape index (κ1) is 14.7. The Balaban J connectivity index is 1.89. The lowest BCUT2D eigenvalue weighted by Gasteiger charge is -2.13. The molecule has 3 heterocycles. The van der Waals surface area contributed by atoms with E-state index >= 15 is 0 Å². The van der Waals surface area contributed by atoms with Crippen molar-refractivity contribution in [1.82, 2.24) is 19.1 Å². The third-order valence-electron chi connectivity index (χ3n) is 5.07. The van der Waals surface area contributed by atoms with E-state index in [9.17, 15) is 4.79 Å². The van der Waals surface area contributed by atoms with E-state index in [1.807, 2.05) is 0 Å². The zero-order valence-corrected chi connectivity index (χ0v) is 13.6. The van der Waals surface area contributed by atoms with Gasteiger partial charge in [0.2, 0.25) is 0 Å².